The van der Waals surface area contributed by atoms with E-state index in [0.717, 1.165) is 129 Å². The van der Waals surface area contributed by atoms with Crippen LogP contribution in [0.15, 0.2) is 273 Å². The van der Waals surface area contributed by atoms with E-state index in [4.69, 9.17) is 19.7 Å². The Morgan fingerprint density at radius 2 is 0.738 bits per heavy atom. The standard InChI is InChI=1S/C76H45N7O/c1-8-24-63-51(16-1)52-17-2-9-25-64(52)80(63)48-33-35-59-72(43-48)84-71-37-32-47(41-61(71)76(59)60-23-15-39-77-74(60)75-62(76)42-50(45-79-75)82-65-26-10-3-18-53(65)54-19-4-11-27-66(54)82)46-31-36-70-58(40-46)57-22-7-12-28-67(57)81(70)49-34-38-73(78-44-49)83-68-29-13-5-20-55(68)56-21-6-14-30-69(56)83/h1-45H. The second-order valence-corrected chi connectivity index (χ2v) is 22.3. The highest BCUT2D eigenvalue weighted by atomic mass is 16.5. The second kappa shape index (κ2) is 16.9. The number of hydrogen-bond donors (Lipinski definition) is 0. The topological polar surface area (TPSA) is 67.6 Å². The van der Waals surface area contributed by atoms with Gasteiger partial charge in [0.05, 0.1) is 84.7 Å². The number of ether oxygens (including phenoxy) is 1. The van der Waals surface area contributed by atoms with E-state index in [9.17, 15) is 0 Å². The van der Waals surface area contributed by atoms with Gasteiger partial charge in [0, 0.05) is 77.7 Å². The lowest BCUT2D eigenvalue weighted by Gasteiger charge is -2.39. The van der Waals surface area contributed by atoms with Crippen LogP contribution in [0.5, 0.6) is 11.5 Å². The van der Waals surface area contributed by atoms with E-state index in [0.29, 0.717) is 0 Å². The summed E-state index contributed by atoms with van der Waals surface area (Å²) >= 11 is 0. The van der Waals surface area contributed by atoms with Gasteiger partial charge in [-0.15, -0.1) is 0 Å². The number of hydrogen-bond acceptors (Lipinski definition) is 4. The number of benzene rings is 10. The van der Waals surface area contributed by atoms with Crippen LogP contribution in [0, 0.1) is 0 Å². The maximum atomic E-state index is 7.35. The Morgan fingerprint density at radius 3 is 1.31 bits per heavy atom. The molecule has 10 aromatic carbocycles. The van der Waals surface area contributed by atoms with Crippen LogP contribution in [0.1, 0.15) is 22.3 Å². The quantitative estimate of drug-likeness (QED) is 0.172. The van der Waals surface area contributed by atoms with E-state index in [1.807, 2.05) is 18.6 Å². The van der Waals surface area contributed by atoms with E-state index in [2.05, 4.69) is 273 Å². The van der Waals surface area contributed by atoms with Crippen molar-refractivity contribution in [2.45, 2.75) is 5.41 Å². The first kappa shape index (κ1) is 45.4. The zero-order valence-corrected chi connectivity index (χ0v) is 45.0. The SMILES string of the molecule is c1cnc2c(c1)C1(c3ccc(-n4c5ccccc5c5ccccc54)cc3Oc3ccc(-c4ccc5c(c4)c4ccccc4n5-c4ccc(-n5c6ccccc6c6ccccc65)nc4)cc31)c1cc(-n3c4ccccc4c4ccccc43)cnc1-2. The average molecular weight is 1070 g/mol. The van der Waals surface area contributed by atoms with Crippen LogP contribution in [0.2, 0.25) is 0 Å². The van der Waals surface area contributed by atoms with Crippen molar-refractivity contribution in [3.05, 3.63) is 296 Å². The summed E-state index contributed by atoms with van der Waals surface area (Å²) in [5, 5.41) is 9.56. The predicted octanol–water partition coefficient (Wildman–Crippen LogP) is 18.4. The second-order valence-electron chi connectivity index (χ2n) is 22.3. The Morgan fingerprint density at radius 1 is 0.274 bits per heavy atom. The van der Waals surface area contributed by atoms with Gasteiger partial charge in [0.15, 0.2) is 0 Å². The number of pyridine rings is 3. The number of aromatic nitrogens is 7. The molecule has 0 amide bonds. The van der Waals surface area contributed by atoms with Crippen molar-refractivity contribution in [3.63, 3.8) is 0 Å². The maximum absolute atomic E-state index is 7.35. The summed E-state index contributed by atoms with van der Waals surface area (Å²) in [5.74, 6) is 2.44. The maximum Gasteiger partial charge on any atom is 0.137 e. The van der Waals surface area contributed by atoms with Gasteiger partial charge in [-0.1, -0.05) is 152 Å². The van der Waals surface area contributed by atoms with Crippen molar-refractivity contribution in [1.82, 2.24) is 33.2 Å². The summed E-state index contributed by atoms with van der Waals surface area (Å²) < 4.78 is 16.7. The fourth-order valence-corrected chi connectivity index (χ4v) is 14.7. The van der Waals surface area contributed by atoms with Gasteiger partial charge in [0.25, 0.3) is 0 Å². The number of nitrogens with zero attached hydrogens (tertiary/aromatic N) is 7. The van der Waals surface area contributed by atoms with Crippen molar-refractivity contribution < 1.29 is 4.74 Å². The summed E-state index contributed by atoms with van der Waals surface area (Å²) in [6.07, 6.45) is 5.94. The zero-order chi connectivity index (χ0) is 54.8. The zero-order valence-electron chi connectivity index (χ0n) is 45.0. The minimum Gasteiger partial charge on any atom is -0.457 e. The first-order valence-corrected chi connectivity index (χ1v) is 28.6. The minimum absolute atomic E-state index is 0.782. The molecule has 84 heavy (non-hydrogen) atoms. The van der Waals surface area contributed by atoms with Crippen molar-refractivity contribution in [1.29, 1.82) is 0 Å². The third-order valence-corrected chi connectivity index (χ3v) is 18.2. The summed E-state index contributed by atoms with van der Waals surface area (Å²) in [4.78, 5) is 15.9. The van der Waals surface area contributed by atoms with Gasteiger partial charge >= 0.3 is 0 Å². The Labute approximate surface area is 480 Å². The lowest BCUT2D eigenvalue weighted by atomic mass is 9.66. The van der Waals surface area contributed by atoms with Crippen LogP contribution in [0.4, 0.5) is 0 Å². The highest BCUT2D eigenvalue weighted by molar-refractivity contribution is 6.13. The lowest BCUT2D eigenvalue weighted by molar-refractivity contribution is 0.436. The molecule has 1 spiro atoms. The number of rotatable bonds is 5. The fourth-order valence-electron chi connectivity index (χ4n) is 14.7. The molecule has 1 aliphatic heterocycles. The van der Waals surface area contributed by atoms with Crippen LogP contribution >= 0.6 is 0 Å². The van der Waals surface area contributed by atoms with Crippen LogP contribution in [0.3, 0.4) is 0 Å². The fraction of sp³-hybridized carbons (Fsp3) is 0.0132. The van der Waals surface area contributed by atoms with E-state index < -0.39 is 5.41 Å². The molecule has 0 saturated carbocycles. The summed E-state index contributed by atoms with van der Waals surface area (Å²) in [6.45, 7) is 0. The molecule has 390 valence electrons. The highest BCUT2D eigenvalue weighted by Gasteiger charge is 2.53. The monoisotopic (exact) mass is 1070 g/mol. The average Bonchev–Trinajstić information content (AvgIpc) is 4.50. The molecular weight excluding hydrogens is 1030 g/mol. The van der Waals surface area contributed by atoms with Gasteiger partial charge in [-0.05, 0) is 114 Å². The highest BCUT2D eigenvalue weighted by Crippen LogP contribution is 2.62. The summed E-state index contributed by atoms with van der Waals surface area (Å²) in [7, 11) is 0. The molecular formula is C76H45N7O. The van der Waals surface area contributed by atoms with Crippen molar-refractivity contribution in [2.75, 3.05) is 0 Å². The molecule has 19 rings (SSSR count). The van der Waals surface area contributed by atoms with Gasteiger partial charge in [-0.25, -0.2) is 4.98 Å². The Balaban J connectivity index is 0.812. The van der Waals surface area contributed by atoms with E-state index >= 15 is 0 Å². The predicted molar refractivity (Wildman–Crippen MR) is 340 cm³/mol. The van der Waals surface area contributed by atoms with Crippen LogP contribution < -0.4 is 4.74 Å². The molecule has 0 saturated heterocycles. The Hall–Kier alpha value is -11.4. The molecule has 0 radical (unpaired) electrons. The Bertz CT molecular complexity index is 5520. The largest absolute Gasteiger partial charge is 0.457 e. The lowest BCUT2D eigenvalue weighted by Crippen LogP contribution is -2.32. The molecule has 8 heteroatoms. The van der Waals surface area contributed by atoms with E-state index in [1.165, 1.54) is 37.7 Å². The molecule has 8 heterocycles. The van der Waals surface area contributed by atoms with Gasteiger partial charge in [0.2, 0.25) is 0 Å². The molecule has 0 N–H and O–H groups in total. The molecule has 0 fully saturated rings. The molecule has 1 unspecified atom stereocenters. The third kappa shape index (κ3) is 6.02. The summed E-state index contributed by atoms with van der Waals surface area (Å²) in [5.41, 5.74) is 19.2. The van der Waals surface area contributed by atoms with E-state index in [-0.39, 0.29) is 0 Å². The minimum atomic E-state index is -0.891. The molecule has 1 aliphatic carbocycles. The van der Waals surface area contributed by atoms with Gasteiger partial charge in [-0.2, -0.15) is 0 Å². The van der Waals surface area contributed by atoms with Crippen molar-refractivity contribution in [3.8, 4) is 56.9 Å². The molecule has 17 aromatic rings. The van der Waals surface area contributed by atoms with Crippen LogP contribution in [-0.2, 0) is 5.41 Å². The summed E-state index contributed by atoms with van der Waals surface area (Å²) in [6, 6.07) is 92.1. The number of para-hydroxylation sites is 7. The van der Waals surface area contributed by atoms with Crippen LogP contribution in [-0.4, -0.2) is 33.2 Å². The van der Waals surface area contributed by atoms with Crippen LogP contribution in [0.25, 0.3) is 133 Å². The Kier molecular flexibility index (Phi) is 9.11. The number of fused-ring (bicyclic) bond motifs is 21. The molecule has 0 bridgehead atoms. The molecule has 8 nitrogen and oxygen atoms in total. The van der Waals surface area contributed by atoms with E-state index in [1.54, 1.807) is 0 Å². The first-order chi connectivity index (χ1) is 41.7. The molecule has 7 aromatic heterocycles. The van der Waals surface area contributed by atoms with Gasteiger partial charge in [0.1, 0.15) is 17.3 Å². The smallest absolute Gasteiger partial charge is 0.137 e. The molecule has 2 aliphatic rings. The first-order valence-electron chi connectivity index (χ1n) is 28.6. The van der Waals surface area contributed by atoms with Gasteiger partial charge in [-0.3, -0.25) is 14.5 Å². The normalized spacial score (nSPS) is 14.3. The van der Waals surface area contributed by atoms with Gasteiger partial charge < -0.3 is 18.4 Å². The van der Waals surface area contributed by atoms with Crippen molar-refractivity contribution >= 4 is 87.2 Å². The third-order valence-electron chi connectivity index (χ3n) is 18.2. The molecule has 1 atom stereocenters. The van der Waals surface area contributed by atoms with Crippen molar-refractivity contribution in [2.24, 2.45) is 0 Å².